The first-order valence-corrected chi connectivity index (χ1v) is 9.67. The molecule has 1 fully saturated rings. The van der Waals surface area contributed by atoms with Gasteiger partial charge in [-0.15, -0.1) is 0 Å². The van der Waals surface area contributed by atoms with Crippen molar-refractivity contribution in [1.29, 1.82) is 0 Å². The molecule has 1 aliphatic rings. The molecule has 2 aromatic carbocycles. The number of para-hydroxylation sites is 1. The predicted molar refractivity (Wildman–Crippen MR) is 112 cm³/mol. The Morgan fingerprint density at radius 1 is 1.20 bits per heavy atom. The van der Waals surface area contributed by atoms with Gasteiger partial charge in [-0.2, -0.15) is 5.10 Å². The van der Waals surface area contributed by atoms with E-state index in [0.29, 0.717) is 23.6 Å². The number of aromatic nitrogens is 2. The van der Waals surface area contributed by atoms with E-state index in [-0.39, 0.29) is 17.8 Å². The standard InChI is InChI=1S/C22H23FN4O3/c1-29-19-5-3-4-17(21(19)30-2)22(28)24-16-10-11-27(13-16)20-12-18(25-26-20)14-6-8-15(23)9-7-14/h3-9,12,16H,10-11,13H2,1-2H3,(H,24,28)(H,25,26)/t16-/m0/s1. The largest absolute Gasteiger partial charge is 0.493 e. The molecular formula is C22H23FN4O3. The van der Waals surface area contributed by atoms with Gasteiger partial charge < -0.3 is 19.7 Å². The lowest BCUT2D eigenvalue weighted by atomic mass is 10.1. The first-order chi connectivity index (χ1) is 14.6. The Labute approximate surface area is 173 Å². The highest BCUT2D eigenvalue weighted by atomic mass is 19.1. The minimum Gasteiger partial charge on any atom is -0.493 e. The number of rotatable bonds is 6. The molecule has 0 saturated carbocycles. The molecule has 0 spiro atoms. The van der Waals surface area contributed by atoms with Crippen LogP contribution in [0.15, 0.2) is 48.5 Å². The van der Waals surface area contributed by atoms with Crippen molar-refractivity contribution in [2.24, 2.45) is 0 Å². The van der Waals surface area contributed by atoms with Crippen molar-refractivity contribution < 1.29 is 18.7 Å². The van der Waals surface area contributed by atoms with Crippen LogP contribution in [0, 0.1) is 5.82 Å². The predicted octanol–water partition coefficient (Wildman–Crippen LogP) is 3.24. The average Bonchev–Trinajstić information content (AvgIpc) is 3.43. The van der Waals surface area contributed by atoms with Gasteiger partial charge in [0.15, 0.2) is 17.3 Å². The number of hydrogen-bond acceptors (Lipinski definition) is 5. The van der Waals surface area contributed by atoms with Gasteiger partial charge in [0.25, 0.3) is 5.91 Å². The summed E-state index contributed by atoms with van der Waals surface area (Å²) in [5.74, 6) is 1.26. The van der Waals surface area contributed by atoms with Gasteiger partial charge >= 0.3 is 0 Å². The molecule has 2 heterocycles. The van der Waals surface area contributed by atoms with Crippen LogP contribution in [0.2, 0.25) is 0 Å². The Kier molecular flexibility index (Phi) is 5.56. The monoisotopic (exact) mass is 410 g/mol. The lowest BCUT2D eigenvalue weighted by Crippen LogP contribution is -2.37. The molecule has 1 amide bonds. The molecule has 0 aliphatic carbocycles. The summed E-state index contributed by atoms with van der Waals surface area (Å²) in [4.78, 5) is 14.9. The highest BCUT2D eigenvalue weighted by Gasteiger charge is 2.27. The average molecular weight is 410 g/mol. The molecule has 0 bridgehead atoms. The molecule has 1 aliphatic heterocycles. The molecule has 3 aromatic rings. The van der Waals surface area contributed by atoms with Crippen LogP contribution in [0.25, 0.3) is 11.3 Å². The van der Waals surface area contributed by atoms with Gasteiger partial charge in [-0.3, -0.25) is 9.89 Å². The second kappa shape index (κ2) is 8.44. The number of anilines is 1. The van der Waals surface area contributed by atoms with Crippen molar-refractivity contribution in [2.45, 2.75) is 12.5 Å². The molecule has 0 radical (unpaired) electrons. The summed E-state index contributed by atoms with van der Waals surface area (Å²) in [5.41, 5.74) is 2.12. The molecule has 4 rings (SSSR count). The van der Waals surface area contributed by atoms with Crippen LogP contribution in [0.5, 0.6) is 11.5 Å². The number of carbonyl (C=O) groups is 1. The van der Waals surface area contributed by atoms with Gasteiger partial charge in [-0.1, -0.05) is 6.07 Å². The minimum atomic E-state index is -0.274. The maximum atomic E-state index is 13.1. The molecule has 7 nitrogen and oxygen atoms in total. The topological polar surface area (TPSA) is 79.5 Å². The molecule has 30 heavy (non-hydrogen) atoms. The Bertz CT molecular complexity index is 1040. The number of methoxy groups -OCH3 is 2. The fourth-order valence-corrected chi connectivity index (χ4v) is 3.67. The molecule has 1 aromatic heterocycles. The maximum absolute atomic E-state index is 13.1. The number of benzene rings is 2. The molecule has 2 N–H and O–H groups in total. The van der Waals surface area contributed by atoms with E-state index in [4.69, 9.17) is 9.47 Å². The number of ether oxygens (including phenoxy) is 2. The summed E-state index contributed by atoms with van der Waals surface area (Å²) in [6.07, 6.45) is 0.802. The van der Waals surface area contributed by atoms with Crippen molar-refractivity contribution in [3.63, 3.8) is 0 Å². The van der Waals surface area contributed by atoms with Crippen LogP contribution in [0.1, 0.15) is 16.8 Å². The highest BCUT2D eigenvalue weighted by Crippen LogP contribution is 2.31. The first kappa shape index (κ1) is 19.8. The molecule has 0 unspecified atom stereocenters. The van der Waals surface area contributed by atoms with Crippen molar-refractivity contribution in [3.05, 3.63) is 59.9 Å². The van der Waals surface area contributed by atoms with Crippen molar-refractivity contribution >= 4 is 11.7 Å². The number of aromatic amines is 1. The van der Waals surface area contributed by atoms with Gasteiger partial charge in [0, 0.05) is 25.2 Å². The van der Waals surface area contributed by atoms with E-state index < -0.39 is 0 Å². The number of halogens is 1. The van der Waals surface area contributed by atoms with Gasteiger partial charge in [0.05, 0.1) is 25.5 Å². The SMILES string of the molecule is COc1cccc(C(=O)N[C@H]2CCN(c3cc(-c4ccc(F)cc4)[nH]n3)C2)c1OC. The van der Waals surface area contributed by atoms with Gasteiger partial charge in [0.1, 0.15) is 5.82 Å². The van der Waals surface area contributed by atoms with Crippen LogP contribution < -0.4 is 19.7 Å². The lowest BCUT2D eigenvalue weighted by Gasteiger charge is -2.17. The third kappa shape index (κ3) is 3.94. The number of amides is 1. The zero-order chi connectivity index (χ0) is 21.1. The second-order valence-electron chi connectivity index (χ2n) is 7.09. The van der Waals surface area contributed by atoms with Crippen molar-refractivity contribution in [3.8, 4) is 22.8 Å². The summed E-state index contributed by atoms with van der Waals surface area (Å²) in [5, 5.41) is 10.4. The van der Waals surface area contributed by atoms with Crippen LogP contribution in [-0.4, -0.2) is 49.5 Å². The summed E-state index contributed by atoms with van der Waals surface area (Å²) >= 11 is 0. The van der Waals surface area contributed by atoms with Crippen LogP contribution in [0.3, 0.4) is 0 Å². The highest BCUT2D eigenvalue weighted by molar-refractivity contribution is 5.98. The molecular weight excluding hydrogens is 387 g/mol. The summed E-state index contributed by atoms with van der Waals surface area (Å²) < 4.78 is 23.8. The summed E-state index contributed by atoms with van der Waals surface area (Å²) in [7, 11) is 3.06. The fourth-order valence-electron chi connectivity index (χ4n) is 3.67. The smallest absolute Gasteiger partial charge is 0.255 e. The van der Waals surface area contributed by atoms with E-state index in [0.717, 1.165) is 30.0 Å². The maximum Gasteiger partial charge on any atom is 0.255 e. The quantitative estimate of drug-likeness (QED) is 0.652. The van der Waals surface area contributed by atoms with Crippen LogP contribution in [-0.2, 0) is 0 Å². The van der Waals surface area contributed by atoms with Crippen molar-refractivity contribution in [2.75, 3.05) is 32.2 Å². The molecule has 8 heteroatoms. The zero-order valence-corrected chi connectivity index (χ0v) is 16.8. The van der Waals surface area contributed by atoms with Crippen LogP contribution in [0.4, 0.5) is 10.2 Å². The third-order valence-corrected chi connectivity index (χ3v) is 5.21. The van der Waals surface area contributed by atoms with E-state index in [1.54, 1.807) is 37.4 Å². The van der Waals surface area contributed by atoms with E-state index in [2.05, 4.69) is 20.4 Å². The van der Waals surface area contributed by atoms with Gasteiger partial charge in [-0.25, -0.2) is 4.39 Å². The Balaban J connectivity index is 1.42. The number of H-pyrrole nitrogens is 1. The minimum absolute atomic E-state index is 0.0145. The Morgan fingerprint density at radius 2 is 2.00 bits per heavy atom. The fraction of sp³-hybridized carbons (Fsp3) is 0.273. The Morgan fingerprint density at radius 3 is 2.73 bits per heavy atom. The van der Waals surface area contributed by atoms with Crippen LogP contribution >= 0.6 is 0 Å². The summed E-state index contributed by atoms with van der Waals surface area (Å²) in [6.45, 7) is 1.42. The van der Waals surface area contributed by atoms with E-state index >= 15 is 0 Å². The normalized spacial score (nSPS) is 15.8. The molecule has 156 valence electrons. The zero-order valence-electron chi connectivity index (χ0n) is 16.8. The van der Waals surface area contributed by atoms with E-state index in [1.807, 2.05) is 6.07 Å². The molecule has 1 atom stereocenters. The van der Waals surface area contributed by atoms with Crippen molar-refractivity contribution in [1.82, 2.24) is 15.5 Å². The van der Waals surface area contributed by atoms with Gasteiger partial charge in [-0.05, 0) is 48.4 Å². The Hall–Kier alpha value is -3.55. The first-order valence-electron chi connectivity index (χ1n) is 9.67. The third-order valence-electron chi connectivity index (χ3n) is 5.21. The number of nitrogens with zero attached hydrogens (tertiary/aromatic N) is 2. The number of hydrogen-bond donors (Lipinski definition) is 2. The van der Waals surface area contributed by atoms with Gasteiger partial charge in [0.2, 0.25) is 0 Å². The molecule has 1 saturated heterocycles. The second-order valence-corrected chi connectivity index (χ2v) is 7.09. The number of carbonyl (C=O) groups excluding carboxylic acids is 1. The van der Waals surface area contributed by atoms with E-state index in [9.17, 15) is 9.18 Å². The van der Waals surface area contributed by atoms with E-state index in [1.165, 1.54) is 19.2 Å². The number of nitrogens with one attached hydrogen (secondary N) is 2. The summed E-state index contributed by atoms with van der Waals surface area (Å²) in [6, 6.07) is 13.4. The lowest BCUT2D eigenvalue weighted by molar-refractivity contribution is 0.0936.